The maximum Gasteiger partial charge on any atom is 0.338 e. The standard InChI is InChI=1S/C20H23NO5/c1-2-3-10-26-20(25)12-6-8-15(9-7-12)21-18(22)16-13-4-5-14(11-13)17(16)19(23)24/h4-9,13-14,16-17H,2-3,10-11H2,1H3,(H,21,22)(H,23,24)/t13-,14-,16+,17+/m0/s1. The average molecular weight is 357 g/mol. The van der Waals surface area contributed by atoms with Crippen molar-refractivity contribution in [1.29, 1.82) is 0 Å². The Hall–Kier alpha value is -2.63. The van der Waals surface area contributed by atoms with Gasteiger partial charge in [-0.2, -0.15) is 0 Å². The highest BCUT2D eigenvalue weighted by atomic mass is 16.5. The van der Waals surface area contributed by atoms with E-state index in [4.69, 9.17) is 4.74 Å². The fraction of sp³-hybridized carbons (Fsp3) is 0.450. The number of hydrogen-bond acceptors (Lipinski definition) is 4. The first-order chi connectivity index (χ1) is 12.5. The van der Waals surface area contributed by atoms with Crippen LogP contribution in [0.1, 0.15) is 36.5 Å². The number of esters is 1. The molecule has 2 aliphatic carbocycles. The Balaban J connectivity index is 1.62. The van der Waals surface area contributed by atoms with E-state index in [0.29, 0.717) is 17.9 Å². The van der Waals surface area contributed by atoms with Crippen molar-refractivity contribution in [3.05, 3.63) is 42.0 Å². The van der Waals surface area contributed by atoms with Gasteiger partial charge in [-0.25, -0.2) is 4.79 Å². The molecule has 1 aromatic rings. The second kappa shape index (κ2) is 7.72. The lowest BCUT2D eigenvalue weighted by atomic mass is 9.82. The molecule has 3 rings (SSSR count). The van der Waals surface area contributed by atoms with Gasteiger partial charge in [0.1, 0.15) is 0 Å². The molecular formula is C20H23NO5. The van der Waals surface area contributed by atoms with Gasteiger partial charge in [0, 0.05) is 5.69 Å². The number of carboxylic acids is 1. The molecule has 1 aromatic carbocycles. The molecule has 4 atom stereocenters. The number of allylic oxidation sites excluding steroid dienone is 2. The predicted molar refractivity (Wildman–Crippen MR) is 95.6 cm³/mol. The number of rotatable bonds is 7. The van der Waals surface area contributed by atoms with Gasteiger partial charge in [0.2, 0.25) is 5.91 Å². The third-order valence-corrected chi connectivity index (χ3v) is 5.17. The molecule has 2 bridgehead atoms. The van der Waals surface area contributed by atoms with E-state index in [1.165, 1.54) is 0 Å². The Bertz CT molecular complexity index is 724. The molecule has 6 heteroatoms. The second-order valence-corrected chi connectivity index (χ2v) is 6.89. The lowest BCUT2D eigenvalue weighted by Crippen LogP contribution is -2.36. The van der Waals surface area contributed by atoms with Crippen LogP contribution in [0.4, 0.5) is 5.69 Å². The van der Waals surface area contributed by atoms with Gasteiger partial charge in [-0.1, -0.05) is 25.5 Å². The summed E-state index contributed by atoms with van der Waals surface area (Å²) in [5.41, 5.74) is 0.960. The number of amides is 1. The average Bonchev–Trinajstić information content (AvgIpc) is 3.23. The van der Waals surface area contributed by atoms with Gasteiger partial charge in [-0.05, 0) is 48.9 Å². The van der Waals surface area contributed by atoms with Gasteiger partial charge < -0.3 is 15.2 Å². The van der Waals surface area contributed by atoms with E-state index in [2.05, 4.69) is 5.32 Å². The Morgan fingerprint density at radius 1 is 1.12 bits per heavy atom. The molecular weight excluding hydrogens is 334 g/mol. The van der Waals surface area contributed by atoms with Crippen molar-refractivity contribution in [3.63, 3.8) is 0 Å². The van der Waals surface area contributed by atoms with Crippen LogP contribution < -0.4 is 5.32 Å². The van der Waals surface area contributed by atoms with Crippen LogP contribution in [0.2, 0.25) is 0 Å². The third-order valence-electron chi connectivity index (χ3n) is 5.17. The Morgan fingerprint density at radius 2 is 1.77 bits per heavy atom. The van der Waals surface area contributed by atoms with Crippen molar-refractivity contribution in [1.82, 2.24) is 0 Å². The number of aliphatic carboxylic acids is 1. The second-order valence-electron chi connectivity index (χ2n) is 6.89. The van der Waals surface area contributed by atoms with E-state index in [0.717, 1.165) is 19.3 Å². The number of anilines is 1. The minimum absolute atomic E-state index is 0.0195. The number of carbonyl (C=O) groups excluding carboxylic acids is 2. The summed E-state index contributed by atoms with van der Waals surface area (Å²) in [7, 11) is 0. The highest BCUT2D eigenvalue weighted by Gasteiger charge is 2.51. The summed E-state index contributed by atoms with van der Waals surface area (Å²) in [6.07, 6.45) is 6.35. The van der Waals surface area contributed by atoms with Crippen molar-refractivity contribution in [3.8, 4) is 0 Å². The first-order valence-electron chi connectivity index (χ1n) is 9.00. The smallest absolute Gasteiger partial charge is 0.338 e. The lowest BCUT2D eigenvalue weighted by molar-refractivity contribution is -0.146. The molecule has 0 unspecified atom stereocenters. The van der Waals surface area contributed by atoms with Crippen molar-refractivity contribution in [2.24, 2.45) is 23.7 Å². The topological polar surface area (TPSA) is 92.7 Å². The molecule has 138 valence electrons. The van der Waals surface area contributed by atoms with Crippen LogP contribution in [-0.4, -0.2) is 29.6 Å². The zero-order valence-corrected chi connectivity index (χ0v) is 14.7. The summed E-state index contributed by atoms with van der Waals surface area (Å²) in [6, 6.07) is 6.46. The molecule has 1 saturated carbocycles. The predicted octanol–water partition coefficient (Wildman–Crippen LogP) is 3.10. The molecule has 0 radical (unpaired) electrons. The SMILES string of the molecule is CCCCOC(=O)c1ccc(NC(=O)[C@H]2[C@H](C(=O)O)[C@H]3C=C[C@H]2C3)cc1. The quantitative estimate of drug-likeness (QED) is 0.444. The van der Waals surface area contributed by atoms with E-state index >= 15 is 0 Å². The van der Waals surface area contributed by atoms with Crippen molar-refractivity contribution < 1.29 is 24.2 Å². The van der Waals surface area contributed by atoms with E-state index in [1.807, 2.05) is 19.1 Å². The summed E-state index contributed by atoms with van der Waals surface area (Å²) in [5, 5.41) is 12.2. The first kappa shape index (κ1) is 18.2. The fourth-order valence-electron chi connectivity index (χ4n) is 3.82. The summed E-state index contributed by atoms with van der Waals surface area (Å²) < 4.78 is 5.15. The zero-order valence-electron chi connectivity index (χ0n) is 14.7. The number of ether oxygens (including phenoxy) is 1. The van der Waals surface area contributed by atoms with Crippen molar-refractivity contribution in [2.45, 2.75) is 26.2 Å². The zero-order chi connectivity index (χ0) is 18.7. The van der Waals surface area contributed by atoms with E-state index in [-0.39, 0.29) is 23.7 Å². The van der Waals surface area contributed by atoms with E-state index < -0.39 is 17.8 Å². The minimum atomic E-state index is -0.924. The van der Waals surface area contributed by atoms with Crippen LogP contribution in [-0.2, 0) is 14.3 Å². The van der Waals surface area contributed by atoms with Crippen LogP contribution in [0.5, 0.6) is 0 Å². The Kier molecular flexibility index (Phi) is 5.40. The summed E-state index contributed by atoms with van der Waals surface area (Å²) in [4.78, 5) is 36.0. The maximum atomic E-state index is 12.6. The number of carbonyl (C=O) groups is 3. The molecule has 0 heterocycles. The molecule has 0 aliphatic heterocycles. The molecule has 2 aliphatic rings. The molecule has 1 fully saturated rings. The monoisotopic (exact) mass is 357 g/mol. The van der Waals surface area contributed by atoms with Crippen LogP contribution in [0.25, 0.3) is 0 Å². The Labute approximate surface area is 152 Å². The maximum absolute atomic E-state index is 12.6. The van der Waals surface area contributed by atoms with Gasteiger partial charge in [0.15, 0.2) is 0 Å². The summed E-state index contributed by atoms with van der Waals surface area (Å²) in [5.74, 6) is -2.90. The van der Waals surface area contributed by atoms with Gasteiger partial charge >= 0.3 is 11.9 Å². The number of hydrogen-bond donors (Lipinski definition) is 2. The molecule has 0 aromatic heterocycles. The van der Waals surface area contributed by atoms with Gasteiger partial charge in [0.25, 0.3) is 0 Å². The molecule has 2 N–H and O–H groups in total. The van der Waals surface area contributed by atoms with Crippen molar-refractivity contribution in [2.75, 3.05) is 11.9 Å². The van der Waals surface area contributed by atoms with Crippen LogP contribution in [0.15, 0.2) is 36.4 Å². The van der Waals surface area contributed by atoms with Gasteiger partial charge in [-0.3, -0.25) is 9.59 Å². The first-order valence-corrected chi connectivity index (χ1v) is 9.00. The highest BCUT2D eigenvalue weighted by Crippen LogP contribution is 2.48. The number of unbranched alkanes of at least 4 members (excludes halogenated alkanes) is 1. The third kappa shape index (κ3) is 3.64. The van der Waals surface area contributed by atoms with Crippen LogP contribution in [0.3, 0.4) is 0 Å². The molecule has 1 amide bonds. The van der Waals surface area contributed by atoms with Crippen molar-refractivity contribution >= 4 is 23.5 Å². The largest absolute Gasteiger partial charge is 0.481 e. The molecule has 6 nitrogen and oxygen atoms in total. The molecule has 0 spiro atoms. The molecule has 26 heavy (non-hydrogen) atoms. The van der Waals surface area contributed by atoms with E-state index in [9.17, 15) is 19.5 Å². The number of nitrogens with one attached hydrogen (secondary N) is 1. The number of fused-ring (bicyclic) bond motifs is 2. The number of benzene rings is 1. The molecule has 0 saturated heterocycles. The fourth-order valence-corrected chi connectivity index (χ4v) is 3.82. The summed E-state index contributed by atoms with van der Waals surface area (Å²) >= 11 is 0. The highest BCUT2D eigenvalue weighted by molar-refractivity contribution is 5.97. The number of carboxylic acid groups (broad SMARTS) is 1. The Morgan fingerprint density at radius 3 is 2.38 bits per heavy atom. The van der Waals surface area contributed by atoms with Gasteiger partial charge in [0.05, 0.1) is 24.0 Å². The van der Waals surface area contributed by atoms with Crippen LogP contribution in [0, 0.1) is 23.7 Å². The van der Waals surface area contributed by atoms with Gasteiger partial charge in [-0.15, -0.1) is 0 Å². The minimum Gasteiger partial charge on any atom is -0.481 e. The summed E-state index contributed by atoms with van der Waals surface area (Å²) in [6.45, 7) is 2.41. The normalized spacial score (nSPS) is 25.9. The lowest BCUT2D eigenvalue weighted by Gasteiger charge is -2.23. The van der Waals surface area contributed by atoms with E-state index in [1.54, 1.807) is 24.3 Å². The van der Waals surface area contributed by atoms with Crippen LogP contribution >= 0.6 is 0 Å².